The summed E-state index contributed by atoms with van der Waals surface area (Å²) in [6, 6.07) is 27.9. The van der Waals surface area contributed by atoms with Crippen LogP contribution in [0.15, 0.2) is 218 Å². The van der Waals surface area contributed by atoms with Crippen LogP contribution in [0.5, 0.6) is 0 Å². The smallest absolute Gasteiger partial charge is 0.0726 e. The summed E-state index contributed by atoms with van der Waals surface area (Å²) in [5.74, 6) is 0. The molecule has 2 nitrogen and oxygen atoms in total. The second-order valence-corrected chi connectivity index (χ2v) is 14.0. The topological polar surface area (TPSA) is 8.17 Å². The molecule has 266 valence electrons. The quantitative estimate of drug-likeness (QED) is 0.171. The first-order valence-corrected chi connectivity index (χ1v) is 18.5. The van der Waals surface area contributed by atoms with Gasteiger partial charge in [0.05, 0.1) is 44.1 Å². The number of hydrogen-bond donors (Lipinski definition) is 0. The van der Waals surface area contributed by atoms with Crippen molar-refractivity contribution in [3.63, 3.8) is 0 Å². The average molecular weight is 741 g/mol. The fourth-order valence-electron chi connectivity index (χ4n) is 9.05. The van der Waals surface area contributed by atoms with Crippen LogP contribution in [0.2, 0.25) is 0 Å². The van der Waals surface area contributed by atoms with Gasteiger partial charge in [0.1, 0.15) is 0 Å². The molecule has 0 aliphatic heterocycles. The summed E-state index contributed by atoms with van der Waals surface area (Å²) in [7, 11) is 0. The molecule has 2 aliphatic rings. The summed E-state index contributed by atoms with van der Waals surface area (Å²) in [6.07, 6.45) is 0. The Balaban J connectivity index is 1.16. The van der Waals surface area contributed by atoms with Crippen LogP contribution in [0.4, 0.5) is 17.1 Å². The first-order valence-electron chi connectivity index (χ1n) is 26.5. The molecule has 1 heterocycles. The molecule has 9 aromatic carbocycles. The van der Waals surface area contributed by atoms with Crippen LogP contribution in [-0.4, -0.2) is 4.57 Å². The lowest BCUT2D eigenvalue weighted by Gasteiger charge is -2.32. The molecule has 2 aliphatic carbocycles. The fraction of sp³-hybridized carbons (Fsp3) is 0.0182. The lowest BCUT2D eigenvalue weighted by molar-refractivity contribution is 0.793. The van der Waals surface area contributed by atoms with Crippen molar-refractivity contribution in [1.29, 1.82) is 0 Å². The van der Waals surface area contributed by atoms with Gasteiger partial charge in [-0.05, 0) is 105 Å². The molecular formula is C55H36N2. The van der Waals surface area contributed by atoms with Crippen LogP contribution in [0.3, 0.4) is 0 Å². The van der Waals surface area contributed by atoms with E-state index in [1.54, 1.807) is 35.2 Å². The summed E-state index contributed by atoms with van der Waals surface area (Å²) in [5, 5.41) is -0.716. The molecule has 10 aromatic rings. The molecule has 0 bridgehead atoms. The first kappa shape index (κ1) is 20.0. The predicted octanol–water partition coefficient (Wildman–Crippen LogP) is 14.3. The van der Waals surface area contributed by atoms with E-state index in [2.05, 4.69) is 36.4 Å². The Labute approximate surface area is 354 Å². The molecule has 2 heteroatoms. The van der Waals surface area contributed by atoms with Crippen molar-refractivity contribution < 1.29 is 21.9 Å². The van der Waals surface area contributed by atoms with E-state index in [0.717, 1.165) is 49.1 Å². The van der Waals surface area contributed by atoms with E-state index in [4.69, 9.17) is 13.7 Å². The Bertz CT molecular complexity index is 3960. The number of aromatic nitrogens is 1. The summed E-state index contributed by atoms with van der Waals surface area (Å²) in [5.41, 5.74) is 5.63. The van der Waals surface area contributed by atoms with E-state index < -0.39 is 130 Å². The second-order valence-electron chi connectivity index (χ2n) is 14.0. The summed E-state index contributed by atoms with van der Waals surface area (Å²) in [4.78, 5) is 1.63. The zero-order valence-electron chi connectivity index (χ0n) is 45.9. The van der Waals surface area contributed by atoms with Crippen molar-refractivity contribution >= 4 is 38.9 Å². The Morgan fingerprint density at radius 2 is 0.895 bits per heavy atom. The molecule has 1 spiro atoms. The summed E-state index contributed by atoms with van der Waals surface area (Å²) in [6.45, 7) is 0. The van der Waals surface area contributed by atoms with E-state index in [-0.39, 0.29) is 16.5 Å². The highest BCUT2D eigenvalue weighted by Gasteiger charge is 2.51. The Kier molecular flexibility index (Phi) is 4.30. The highest BCUT2D eigenvalue weighted by Crippen LogP contribution is 2.63. The van der Waals surface area contributed by atoms with E-state index in [9.17, 15) is 8.22 Å². The van der Waals surface area contributed by atoms with E-state index in [0.29, 0.717) is 11.4 Å². The average Bonchev–Trinajstić information content (AvgIpc) is 4.03. The van der Waals surface area contributed by atoms with Crippen molar-refractivity contribution in [3.8, 4) is 39.1 Å². The normalized spacial score (nSPS) is 17.0. The maximum absolute atomic E-state index is 9.89. The molecule has 0 radical (unpaired) electrons. The molecule has 1 aromatic heterocycles. The highest BCUT2D eigenvalue weighted by atomic mass is 15.1. The van der Waals surface area contributed by atoms with Crippen LogP contribution in [0.1, 0.15) is 44.2 Å². The molecule has 0 saturated heterocycles. The maximum atomic E-state index is 9.89. The van der Waals surface area contributed by atoms with Gasteiger partial charge in [-0.15, -0.1) is 0 Å². The third-order valence-corrected chi connectivity index (χ3v) is 11.3. The zero-order valence-corrected chi connectivity index (χ0v) is 29.9. The van der Waals surface area contributed by atoms with Crippen LogP contribution < -0.4 is 4.90 Å². The molecule has 12 rings (SSSR count). The minimum absolute atomic E-state index is 0.191. The molecule has 0 fully saturated rings. The Hall–Kier alpha value is -7.42. The van der Waals surface area contributed by atoms with Crippen LogP contribution in [0, 0.1) is 0 Å². The fourth-order valence-corrected chi connectivity index (χ4v) is 9.05. The predicted molar refractivity (Wildman–Crippen MR) is 237 cm³/mol. The van der Waals surface area contributed by atoms with Crippen molar-refractivity contribution in [2.24, 2.45) is 0 Å². The van der Waals surface area contributed by atoms with E-state index in [1.807, 2.05) is 54.6 Å². The standard InChI is InChI=1S/C55H36N2/c1-2-16-38(17-3-1)56(39-32-30-37(31-33-39)41-18-7-13-27-52(41)57-53-28-14-8-22-46(53)47-23-9-15-29-54(47)57)40-34-35-45-44-21-6-12-26-50(44)55(51(45)36-40)48-24-10-4-19-42(48)43-20-5-11-25-49(43)55/h1-36H/i7D,8D,9D,13D,14D,15D,18D,22D,23D,27D,28D,29D,30D,31D,32D,33D. The third kappa shape index (κ3) is 4.47. The summed E-state index contributed by atoms with van der Waals surface area (Å²) < 4.78 is 147. The minimum atomic E-state index is -0.843. The van der Waals surface area contributed by atoms with E-state index >= 15 is 0 Å². The number of fused-ring (bicyclic) bond motifs is 13. The Morgan fingerprint density at radius 3 is 1.51 bits per heavy atom. The Morgan fingerprint density at radius 1 is 0.386 bits per heavy atom. The molecule has 0 atom stereocenters. The maximum Gasteiger partial charge on any atom is 0.0726 e. The monoisotopic (exact) mass is 740 g/mol. The van der Waals surface area contributed by atoms with Gasteiger partial charge in [0.2, 0.25) is 0 Å². The van der Waals surface area contributed by atoms with Gasteiger partial charge in [0.15, 0.2) is 0 Å². The van der Waals surface area contributed by atoms with Crippen molar-refractivity contribution in [3.05, 3.63) is 240 Å². The number of anilines is 3. The second kappa shape index (κ2) is 12.3. The van der Waals surface area contributed by atoms with Gasteiger partial charge in [-0.25, -0.2) is 0 Å². The van der Waals surface area contributed by atoms with Crippen LogP contribution in [0.25, 0.3) is 60.9 Å². The van der Waals surface area contributed by atoms with Crippen LogP contribution >= 0.6 is 0 Å². The van der Waals surface area contributed by atoms with Crippen molar-refractivity contribution in [1.82, 2.24) is 4.57 Å². The summed E-state index contributed by atoms with van der Waals surface area (Å²) >= 11 is 0. The lowest BCUT2D eigenvalue weighted by atomic mass is 9.70. The van der Waals surface area contributed by atoms with Gasteiger partial charge in [-0.3, -0.25) is 0 Å². The third-order valence-electron chi connectivity index (χ3n) is 11.3. The molecule has 57 heavy (non-hydrogen) atoms. The molecule has 0 amide bonds. The van der Waals surface area contributed by atoms with Gasteiger partial charge in [-0.2, -0.15) is 0 Å². The lowest BCUT2D eigenvalue weighted by Crippen LogP contribution is -2.26. The molecular weight excluding hydrogens is 689 g/mol. The number of nitrogens with zero attached hydrogens (tertiary/aromatic N) is 2. The molecule has 0 saturated carbocycles. The van der Waals surface area contributed by atoms with Gasteiger partial charge >= 0.3 is 0 Å². The van der Waals surface area contributed by atoms with Crippen molar-refractivity contribution in [2.75, 3.05) is 4.90 Å². The number of para-hydroxylation sites is 4. The number of benzene rings is 9. The van der Waals surface area contributed by atoms with E-state index in [1.165, 1.54) is 0 Å². The van der Waals surface area contributed by atoms with Gasteiger partial charge in [0.25, 0.3) is 0 Å². The van der Waals surface area contributed by atoms with Gasteiger partial charge in [-0.1, -0.05) is 164 Å². The van der Waals surface area contributed by atoms with Gasteiger partial charge in [0, 0.05) is 33.4 Å². The zero-order chi connectivity index (χ0) is 51.4. The van der Waals surface area contributed by atoms with Crippen LogP contribution in [-0.2, 0) is 5.41 Å². The van der Waals surface area contributed by atoms with Crippen molar-refractivity contribution in [2.45, 2.75) is 5.41 Å². The SMILES string of the molecule is [2H]c1c([2H])c([2H])c(-n2c3c([2H])c([2H])c([2H])c([2H])c3c3c([2H])c([2H])c([2H])c([2H])c32)c(-c2c([2H])c([2H])c(N(c3ccccc3)c3ccc4c(c3)C3(c5ccccc5-c5ccccc53)c3ccccc3-4)c([2H])c2[2H])c1[2H]. The molecule has 0 unspecified atom stereocenters. The largest absolute Gasteiger partial charge is 0.310 e. The number of rotatable bonds is 5. The number of hydrogen-bond acceptors (Lipinski definition) is 1. The highest BCUT2D eigenvalue weighted by molar-refractivity contribution is 6.09. The minimum Gasteiger partial charge on any atom is -0.310 e. The first-order chi connectivity index (χ1) is 35.0. The van der Waals surface area contributed by atoms with Gasteiger partial charge < -0.3 is 9.47 Å². The molecule has 0 N–H and O–H groups in total.